The van der Waals surface area contributed by atoms with Gasteiger partial charge in [-0.25, -0.2) is 0 Å². The Morgan fingerprint density at radius 3 is 2.52 bits per heavy atom. The van der Waals surface area contributed by atoms with Crippen molar-refractivity contribution in [2.24, 2.45) is 16.3 Å². The number of nitrogens with zero attached hydrogens (tertiary/aromatic N) is 1. The molecule has 168 valence electrons. The number of ether oxygens (including phenoxy) is 2. The maximum absolute atomic E-state index is 13.9. The van der Waals surface area contributed by atoms with Crippen molar-refractivity contribution in [2.75, 3.05) is 20.3 Å². The quantitative estimate of drug-likeness (QED) is 0.494. The number of hydrogen-bond acceptors (Lipinski definition) is 5. The highest BCUT2D eigenvalue weighted by Gasteiger charge is 2.48. The minimum Gasteiger partial charge on any atom is -0.463 e. The molecule has 2 atom stereocenters. The zero-order valence-corrected chi connectivity index (χ0v) is 18.0. The fourth-order valence-electron chi connectivity index (χ4n) is 4.43. The van der Waals surface area contributed by atoms with Crippen LogP contribution in [0.3, 0.4) is 0 Å². The number of halogens is 3. The average molecular weight is 437 g/mol. The van der Waals surface area contributed by atoms with Crippen molar-refractivity contribution in [1.29, 1.82) is 0 Å². The van der Waals surface area contributed by atoms with Gasteiger partial charge < -0.3 is 9.47 Å². The summed E-state index contributed by atoms with van der Waals surface area (Å²) in [4.78, 5) is 30.6. The third-order valence-electron chi connectivity index (χ3n) is 5.69. The molecule has 0 saturated heterocycles. The highest BCUT2D eigenvalue weighted by molar-refractivity contribution is 6.09. The molecule has 1 heterocycles. The maximum Gasteiger partial charge on any atom is 0.416 e. The minimum atomic E-state index is -4.64. The second-order valence-electron chi connectivity index (χ2n) is 8.76. The number of carbonyl (C=O) groups excluding carboxylic acids is 2. The van der Waals surface area contributed by atoms with Crippen molar-refractivity contribution in [3.8, 4) is 0 Å². The van der Waals surface area contributed by atoms with Crippen molar-refractivity contribution in [2.45, 2.75) is 45.7 Å². The number of ketones is 1. The Bertz CT molecular complexity index is 946. The summed E-state index contributed by atoms with van der Waals surface area (Å²) in [5.74, 6) is -3.23. The summed E-state index contributed by atoms with van der Waals surface area (Å²) in [5, 5.41) is 0. The van der Waals surface area contributed by atoms with Crippen molar-refractivity contribution < 1.29 is 32.2 Å². The third-order valence-corrected chi connectivity index (χ3v) is 5.69. The Hall–Kier alpha value is -2.48. The number of allylic oxidation sites excluding steroid dienone is 2. The molecule has 0 radical (unpaired) electrons. The first-order chi connectivity index (χ1) is 14.5. The summed E-state index contributed by atoms with van der Waals surface area (Å²) >= 11 is 0. The van der Waals surface area contributed by atoms with Crippen LogP contribution in [0.2, 0.25) is 0 Å². The van der Waals surface area contributed by atoms with Gasteiger partial charge in [0, 0.05) is 36.4 Å². The number of rotatable bonds is 5. The Kier molecular flexibility index (Phi) is 6.41. The first-order valence-corrected chi connectivity index (χ1v) is 10.1. The van der Waals surface area contributed by atoms with Crippen LogP contribution in [0.15, 0.2) is 40.5 Å². The molecule has 1 aromatic rings. The minimum absolute atomic E-state index is 0.0420. The van der Waals surface area contributed by atoms with Gasteiger partial charge in [-0.2, -0.15) is 13.2 Å². The molecule has 0 aromatic heterocycles. The van der Waals surface area contributed by atoms with E-state index in [1.54, 1.807) is 6.92 Å². The van der Waals surface area contributed by atoms with E-state index in [2.05, 4.69) is 4.99 Å². The van der Waals surface area contributed by atoms with Crippen LogP contribution in [-0.4, -0.2) is 37.8 Å². The molecule has 0 saturated carbocycles. The van der Waals surface area contributed by atoms with Gasteiger partial charge in [0.2, 0.25) is 0 Å². The van der Waals surface area contributed by atoms with Gasteiger partial charge in [-0.3, -0.25) is 14.6 Å². The summed E-state index contributed by atoms with van der Waals surface area (Å²) < 4.78 is 51.7. The summed E-state index contributed by atoms with van der Waals surface area (Å²) in [6, 6.07) is 5.08. The molecule has 8 heteroatoms. The molecule has 0 fully saturated rings. The molecule has 0 bridgehead atoms. The standard InChI is InChI=1S/C23H26F3NO4/c1-13-18(21(29)31-10-9-30-4)19(14-7-5-6-8-15(14)23(24,25)26)20-16(27-13)11-22(2,3)12-17(20)28/h5-8,18-19H,9-12H2,1-4H3/t18?,19-/m0/s1. The van der Waals surface area contributed by atoms with Gasteiger partial charge in [-0.15, -0.1) is 0 Å². The molecule has 5 nitrogen and oxygen atoms in total. The molecule has 1 aromatic carbocycles. The second kappa shape index (κ2) is 8.57. The Morgan fingerprint density at radius 2 is 1.87 bits per heavy atom. The monoisotopic (exact) mass is 437 g/mol. The highest BCUT2D eigenvalue weighted by Crippen LogP contribution is 2.50. The van der Waals surface area contributed by atoms with Crippen LogP contribution >= 0.6 is 0 Å². The van der Waals surface area contributed by atoms with Crippen LogP contribution in [0.1, 0.15) is 50.7 Å². The molecule has 2 aliphatic rings. The van der Waals surface area contributed by atoms with Gasteiger partial charge in [0.15, 0.2) is 5.78 Å². The van der Waals surface area contributed by atoms with Gasteiger partial charge in [0.25, 0.3) is 0 Å². The molecule has 1 aliphatic heterocycles. The number of aliphatic imine (C=N–C) groups is 1. The zero-order valence-electron chi connectivity index (χ0n) is 18.0. The normalized spacial score (nSPS) is 23.3. The number of benzene rings is 1. The molecule has 0 N–H and O–H groups in total. The number of alkyl halides is 3. The third kappa shape index (κ3) is 4.74. The fraction of sp³-hybridized carbons (Fsp3) is 0.522. The van der Waals surface area contributed by atoms with Gasteiger partial charge in [0.1, 0.15) is 12.5 Å². The largest absolute Gasteiger partial charge is 0.463 e. The number of hydrogen-bond donors (Lipinski definition) is 0. The van der Waals surface area contributed by atoms with Gasteiger partial charge in [-0.05, 0) is 30.4 Å². The van der Waals surface area contributed by atoms with Gasteiger partial charge in [0.05, 0.1) is 12.2 Å². The molecule has 0 amide bonds. The van der Waals surface area contributed by atoms with Crippen LogP contribution in [0.5, 0.6) is 0 Å². The maximum atomic E-state index is 13.9. The highest BCUT2D eigenvalue weighted by atomic mass is 19.4. The number of carbonyl (C=O) groups is 2. The predicted molar refractivity (Wildman–Crippen MR) is 109 cm³/mol. The lowest BCUT2D eigenvalue weighted by molar-refractivity contribution is -0.148. The predicted octanol–water partition coefficient (Wildman–Crippen LogP) is 4.71. The lowest BCUT2D eigenvalue weighted by Crippen LogP contribution is -2.40. The molecule has 1 unspecified atom stereocenters. The van der Waals surface area contributed by atoms with Crippen LogP contribution < -0.4 is 0 Å². The summed E-state index contributed by atoms with van der Waals surface area (Å²) in [7, 11) is 1.45. The zero-order chi connectivity index (χ0) is 23.0. The van der Waals surface area contributed by atoms with E-state index in [9.17, 15) is 22.8 Å². The molecular weight excluding hydrogens is 411 g/mol. The fourth-order valence-corrected chi connectivity index (χ4v) is 4.43. The SMILES string of the molecule is COCCOC(=O)C1C(C)=NC2=C(C(=O)CC(C)(C)C2)[C@H]1c1ccccc1C(F)(F)F. The van der Waals surface area contributed by atoms with Crippen molar-refractivity contribution in [3.63, 3.8) is 0 Å². The summed E-state index contributed by atoms with van der Waals surface area (Å²) in [5.41, 5.74) is -0.349. The van der Waals surface area contributed by atoms with Crippen LogP contribution in [0.4, 0.5) is 13.2 Å². The van der Waals surface area contributed by atoms with E-state index in [0.29, 0.717) is 17.8 Å². The van der Waals surface area contributed by atoms with Crippen molar-refractivity contribution >= 4 is 17.5 Å². The van der Waals surface area contributed by atoms with Gasteiger partial charge in [-0.1, -0.05) is 32.0 Å². The van der Waals surface area contributed by atoms with Crippen LogP contribution in [0, 0.1) is 11.3 Å². The molecule has 31 heavy (non-hydrogen) atoms. The molecule has 3 rings (SSSR count). The Labute approximate surface area is 179 Å². The Balaban J connectivity index is 2.18. The number of Topliss-reactive ketones (excluding diaryl/α,β-unsaturated/α-hetero) is 1. The smallest absolute Gasteiger partial charge is 0.416 e. The van der Waals surface area contributed by atoms with E-state index >= 15 is 0 Å². The van der Waals surface area contributed by atoms with Crippen molar-refractivity contribution in [3.05, 3.63) is 46.7 Å². The average Bonchev–Trinajstić information content (AvgIpc) is 2.65. The number of methoxy groups -OCH3 is 1. The van der Waals surface area contributed by atoms with Crippen molar-refractivity contribution in [1.82, 2.24) is 0 Å². The first kappa shape index (κ1) is 23.2. The molecular formula is C23H26F3NO4. The molecule has 0 spiro atoms. The number of esters is 1. The van der Waals surface area contributed by atoms with E-state index in [1.165, 1.54) is 25.3 Å². The van der Waals surface area contributed by atoms with E-state index in [1.807, 2.05) is 13.8 Å². The van der Waals surface area contributed by atoms with E-state index in [-0.39, 0.29) is 42.0 Å². The van der Waals surface area contributed by atoms with E-state index in [4.69, 9.17) is 9.47 Å². The second-order valence-corrected chi connectivity index (χ2v) is 8.76. The van der Waals surface area contributed by atoms with E-state index in [0.717, 1.165) is 6.07 Å². The van der Waals surface area contributed by atoms with Gasteiger partial charge >= 0.3 is 12.1 Å². The van der Waals surface area contributed by atoms with Crippen LogP contribution in [0.25, 0.3) is 0 Å². The molecule has 1 aliphatic carbocycles. The topological polar surface area (TPSA) is 65.0 Å². The lowest BCUT2D eigenvalue weighted by Gasteiger charge is -2.39. The summed E-state index contributed by atoms with van der Waals surface area (Å²) in [6.45, 7) is 5.55. The van der Waals surface area contributed by atoms with E-state index < -0.39 is 29.5 Å². The first-order valence-electron chi connectivity index (χ1n) is 10.1. The van der Waals surface area contributed by atoms with Crippen LogP contribution in [-0.2, 0) is 25.2 Å². The lowest BCUT2D eigenvalue weighted by atomic mass is 9.66. The summed E-state index contributed by atoms with van der Waals surface area (Å²) in [6.07, 6.45) is -4.01. The Morgan fingerprint density at radius 1 is 1.19 bits per heavy atom.